The first-order valence-corrected chi connectivity index (χ1v) is 15.1. The number of aromatic nitrogens is 3. The van der Waals surface area contributed by atoms with Crippen LogP contribution in [0.1, 0.15) is 45.9 Å². The van der Waals surface area contributed by atoms with Crippen molar-refractivity contribution in [2.45, 2.75) is 58.4 Å². The van der Waals surface area contributed by atoms with Gasteiger partial charge in [-0.05, 0) is 44.9 Å². The molecule has 0 aliphatic rings. The molecule has 41 heavy (non-hydrogen) atoms. The van der Waals surface area contributed by atoms with Gasteiger partial charge in [-0.2, -0.15) is 5.09 Å². The molecule has 1 amide bonds. The summed E-state index contributed by atoms with van der Waals surface area (Å²) in [5.41, 5.74) is 11.5. The van der Waals surface area contributed by atoms with E-state index in [2.05, 4.69) is 10.1 Å². The topological polar surface area (TPSA) is 177 Å². The number of nitrogens with two attached hydrogens (primary N) is 2. The first-order valence-electron chi connectivity index (χ1n) is 13.5. The summed E-state index contributed by atoms with van der Waals surface area (Å²) in [6.45, 7) is 5.29. The van der Waals surface area contributed by atoms with E-state index in [1.54, 1.807) is 34.9 Å². The monoisotopic (exact) mass is 584 g/mol. The van der Waals surface area contributed by atoms with Crippen LogP contribution in [0.15, 0.2) is 54.6 Å². The molecule has 0 aliphatic carbocycles. The van der Waals surface area contributed by atoms with Crippen molar-refractivity contribution in [3.8, 4) is 5.75 Å². The summed E-state index contributed by atoms with van der Waals surface area (Å²) in [7, 11) is -4.25. The Morgan fingerprint density at radius 2 is 1.85 bits per heavy atom. The van der Waals surface area contributed by atoms with E-state index >= 15 is 0 Å². The van der Waals surface area contributed by atoms with Crippen LogP contribution in [0.4, 0.5) is 5.82 Å². The summed E-state index contributed by atoms with van der Waals surface area (Å²) >= 11 is 0. The number of ether oxygens (including phenoxy) is 1. The highest BCUT2D eigenvalue weighted by atomic mass is 31.2. The van der Waals surface area contributed by atoms with Gasteiger partial charge in [0.15, 0.2) is 11.5 Å². The Hall–Kier alpha value is -3.54. The number of fused-ring (bicyclic) bond motifs is 3. The van der Waals surface area contributed by atoms with Crippen molar-refractivity contribution in [3.63, 3.8) is 0 Å². The second-order valence-corrected chi connectivity index (χ2v) is 11.4. The van der Waals surface area contributed by atoms with Crippen molar-refractivity contribution in [1.29, 1.82) is 0 Å². The lowest BCUT2D eigenvalue weighted by atomic mass is 10.1. The highest BCUT2D eigenvalue weighted by molar-refractivity contribution is 7.52. The van der Waals surface area contributed by atoms with Crippen LogP contribution in [0, 0.1) is 0 Å². The fourth-order valence-corrected chi connectivity index (χ4v) is 6.05. The fourth-order valence-electron chi connectivity index (χ4n) is 4.49. The predicted molar refractivity (Wildman–Crippen MR) is 157 cm³/mol. The number of carbonyl (C=O) groups excluding carboxylic acids is 1. The first kappa shape index (κ1) is 30.4. The van der Waals surface area contributed by atoms with E-state index in [1.807, 2.05) is 38.1 Å². The molecule has 0 spiro atoms. The smallest absolute Gasteiger partial charge is 0.413 e. The molecule has 0 saturated heterocycles. The standard InChI is InChI=1S/C28H37N6O6P/c1-4-6-16-28(36,18-39-41(37,33-19(3)27(30)35)40-20-12-8-7-9-13-20)34-23(17-38-5-2)32-24-25(34)21-14-10-11-15-22(21)31-26(24)29/h7-15,19,36H,4-6,16-18H2,1-3H3,(H2,29,31)(H2,30,35)(H,33,37)/t19-,28?,41?/m0/s1. The molecule has 0 aliphatic heterocycles. The number of aliphatic hydroxyl groups is 1. The molecule has 4 rings (SSSR count). The minimum atomic E-state index is -4.25. The quantitative estimate of drug-likeness (QED) is 0.148. The summed E-state index contributed by atoms with van der Waals surface area (Å²) in [6.07, 6.45) is 1.57. The maximum absolute atomic E-state index is 14.0. The van der Waals surface area contributed by atoms with Crippen LogP contribution in [-0.2, 0) is 31.0 Å². The van der Waals surface area contributed by atoms with Gasteiger partial charge in [-0.25, -0.2) is 14.5 Å². The maximum atomic E-state index is 14.0. The predicted octanol–water partition coefficient (Wildman–Crippen LogP) is 4.21. The summed E-state index contributed by atoms with van der Waals surface area (Å²) in [5, 5.41) is 15.7. The Morgan fingerprint density at radius 1 is 1.15 bits per heavy atom. The third kappa shape index (κ3) is 6.86. The average molecular weight is 585 g/mol. The van der Waals surface area contributed by atoms with Gasteiger partial charge in [0.2, 0.25) is 5.91 Å². The molecule has 13 heteroatoms. The van der Waals surface area contributed by atoms with Gasteiger partial charge in [0.1, 0.15) is 30.3 Å². The highest BCUT2D eigenvalue weighted by Crippen LogP contribution is 2.47. The Balaban J connectivity index is 1.84. The van der Waals surface area contributed by atoms with Gasteiger partial charge >= 0.3 is 7.75 Å². The van der Waals surface area contributed by atoms with Gasteiger partial charge in [-0.3, -0.25) is 13.9 Å². The van der Waals surface area contributed by atoms with Gasteiger partial charge in [-0.15, -0.1) is 0 Å². The van der Waals surface area contributed by atoms with Gasteiger partial charge < -0.3 is 25.8 Å². The number of carbonyl (C=O) groups is 1. The highest BCUT2D eigenvalue weighted by Gasteiger charge is 2.40. The number of amides is 1. The van der Waals surface area contributed by atoms with Crippen molar-refractivity contribution in [3.05, 3.63) is 60.4 Å². The normalized spacial score (nSPS) is 15.4. The molecule has 0 saturated carbocycles. The van der Waals surface area contributed by atoms with Crippen molar-refractivity contribution in [2.75, 3.05) is 18.9 Å². The van der Waals surface area contributed by atoms with E-state index in [1.165, 1.54) is 6.92 Å². The van der Waals surface area contributed by atoms with Gasteiger partial charge in [0, 0.05) is 12.0 Å². The summed E-state index contributed by atoms with van der Waals surface area (Å²) in [6, 6.07) is 14.7. The Bertz CT molecular complexity index is 1550. The molecule has 2 heterocycles. The number of hydrogen-bond acceptors (Lipinski definition) is 9. The molecule has 4 aromatic rings. The molecule has 3 atom stereocenters. The lowest BCUT2D eigenvalue weighted by molar-refractivity contribution is -0.119. The number of benzene rings is 2. The van der Waals surface area contributed by atoms with Crippen LogP contribution in [0.5, 0.6) is 5.75 Å². The summed E-state index contributed by atoms with van der Waals surface area (Å²) in [5.74, 6) is 0.0861. The van der Waals surface area contributed by atoms with Crippen molar-refractivity contribution < 1.29 is 28.3 Å². The van der Waals surface area contributed by atoms with Crippen LogP contribution < -0.4 is 21.1 Å². The number of imidazole rings is 1. The second kappa shape index (κ2) is 13.0. The van der Waals surface area contributed by atoms with Crippen molar-refractivity contribution >= 4 is 41.4 Å². The molecule has 2 unspecified atom stereocenters. The third-order valence-corrected chi connectivity index (χ3v) is 8.21. The average Bonchev–Trinajstić information content (AvgIpc) is 3.36. The number of pyridine rings is 1. The van der Waals surface area contributed by atoms with E-state index in [-0.39, 0.29) is 24.6 Å². The number of rotatable bonds is 15. The molecule has 12 nitrogen and oxygen atoms in total. The zero-order chi connectivity index (χ0) is 29.6. The number of nitrogen functional groups attached to an aromatic ring is 1. The van der Waals surface area contributed by atoms with E-state index in [4.69, 9.17) is 30.2 Å². The SMILES string of the molecule is CCCCC(O)(COP(=O)(N[C@@H](C)C(N)=O)Oc1ccccc1)n1c(COCC)nc2c(N)nc3ccccc3c21. The van der Waals surface area contributed by atoms with E-state index in [9.17, 15) is 14.5 Å². The van der Waals surface area contributed by atoms with E-state index < -0.39 is 32.0 Å². The molecule has 0 radical (unpaired) electrons. The number of para-hydroxylation sites is 2. The Labute approximate surface area is 238 Å². The maximum Gasteiger partial charge on any atom is 0.459 e. The second-order valence-electron chi connectivity index (χ2n) is 9.73. The van der Waals surface area contributed by atoms with E-state index in [0.29, 0.717) is 40.8 Å². The molecule has 220 valence electrons. The minimum absolute atomic E-state index is 0.0719. The first-order chi connectivity index (χ1) is 19.6. The van der Waals surface area contributed by atoms with Crippen LogP contribution >= 0.6 is 7.75 Å². The number of hydrogen-bond donors (Lipinski definition) is 4. The molecule has 2 aromatic heterocycles. The lowest BCUT2D eigenvalue weighted by Gasteiger charge is -2.33. The van der Waals surface area contributed by atoms with E-state index in [0.717, 1.165) is 6.42 Å². The molecule has 0 bridgehead atoms. The lowest BCUT2D eigenvalue weighted by Crippen LogP contribution is -2.42. The number of primary amides is 1. The molecule has 0 fully saturated rings. The largest absolute Gasteiger partial charge is 0.459 e. The number of anilines is 1. The van der Waals surface area contributed by atoms with Crippen molar-refractivity contribution in [2.24, 2.45) is 5.73 Å². The van der Waals surface area contributed by atoms with Gasteiger partial charge in [-0.1, -0.05) is 49.7 Å². The van der Waals surface area contributed by atoms with Crippen LogP contribution in [-0.4, -0.2) is 44.8 Å². The number of unbranched alkanes of at least 4 members (excludes halogenated alkanes) is 1. The van der Waals surface area contributed by atoms with Crippen LogP contribution in [0.2, 0.25) is 0 Å². The fraction of sp³-hybridized carbons (Fsp3) is 0.393. The summed E-state index contributed by atoms with van der Waals surface area (Å²) in [4.78, 5) is 21.1. The molecular formula is C28H37N6O6P. The summed E-state index contributed by atoms with van der Waals surface area (Å²) < 4.78 is 33.0. The van der Waals surface area contributed by atoms with Gasteiger partial charge in [0.25, 0.3) is 0 Å². The number of nitrogens with one attached hydrogen (secondary N) is 1. The van der Waals surface area contributed by atoms with Crippen LogP contribution in [0.3, 0.4) is 0 Å². The minimum Gasteiger partial charge on any atom is -0.413 e. The molecule has 2 aromatic carbocycles. The van der Waals surface area contributed by atoms with Gasteiger partial charge in [0.05, 0.1) is 17.1 Å². The Morgan fingerprint density at radius 3 is 2.54 bits per heavy atom. The number of nitrogens with zero attached hydrogens (tertiary/aromatic N) is 3. The zero-order valence-corrected chi connectivity index (χ0v) is 24.3. The third-order valence-electron chi connectivity index (χ3n) is 6.58. The molecular weight excluding hydrogens is 547 g/mol. The van der Waals surface area contributed by atoms with Crippen molar-refractivity contribution in [1.82, 2.24) is 19.6 Å². The molecule has 6 N–H and O–H groups in total. The Kier molecular flexibility index (Phi) is 9.62. The zero-order valence-electron chi connectivity index (χ0n) is 23.4. The van der Waals surface area contributed by atoms with Crippen LogP contribution in [0.25, 0.3) is 21.9 Å².